The van der Waals surface area contributed by atoms with Crippen LogP contribution in [0.4, 0.5) is 0 Å². The fourth-order valence-corrected chi connectivity index (χ4v) is 5.11. The largest absolute Gasteiger partial charge is 0.493 e. The predicted molar refractivity (Wildman–Crippen MR) is 139 cm³/mol. The minimum Gasteiger partial charge on any atom is -0.493 e. The van der Waals surface area contributed by atoms with E-state index in [9.17, 15) is 4.79 Å². The highest BCUT2D eigenvalue weighted by molar-refractivity contribution is 7.98. The third kappa shape index (κ3) is 4.53. The Balaban J connectivity index is 1.88. The Morgan fingerprint density at radius 2 is 2.00 bits per heavy atom. The first kappa shape index (κ1) is 23.8. The second-order valence-electron chi connectivity index (χ2n) is 9.21. The average molecular weight is 485 g/mol. The first-order valence-corrected chi connectivity index (χ1v) is 13.4. The number of aryl methyl sites for hydroxylation is 1. The van der Waals surface area contributed by atoms with Crippen LogP contribution in [0, 0.1) is 0 Å². The van der Waals surface area contributed by atoms with Crippen LogP contribution in [0.1, 0.15) is 36.8 Å². The topological polar surface area (TPSA) is 43.7 Å². The summed E-state index contributed by atoms with van der Waals surface area (Å²) >= 11 is 3.45. The van der Waals surface area contributed by atoms with E-state index in [1.54, 1.807) is 30.2 Å². The summed E-state index contributed by atoms with van der Waals surface area (Å²) in [7, 11) is 3.57. The van der Waals surface area contributed by atoms with Gasteiger partial charge >= 0.3 is 0 Å². The Morgan fingerprint density at radius 1 is 1.21 bits per heavy atom. The molecule has 4 rings (SSSR count). The van der Waals surface area contributed by atoms with Gasteiger partial charge in [-0.2, -0.15) is 11.8 Å². The van der Waals surface area contributed by atoms with Crippen LogP contribution in [0.3, 0.4) is 0 Å². The number of hydrogen-bond acceptors (Lipinski definition) is 5. The summed E-state index contributed by atoms with van der Waals surface area (Å²) in [6.45, 7) is 7.55. The van der Waals surface area contributed by atoms with Gasteiger partial charge in [-0.1, -0.05) is 6.07 Å². The maximum atomic E-state index is 13.6. The molecule has 0 unspecified atom stereocenters. The van der Waals surface area contributed by atoms with Gasteiger partial charge in [-0.3, -0.25) is 4.79 Å². The summed E-state index contributed by atoms with van der Waals surface area (Å²) in [6.07, 6.45) is 2.91. The van der Waals surface area contributed by atoms with Crippen molar-refractivity contribution in [1.82, 2.24) is 9.47 Å². The zero-order valence-electron chi connectivity index (χ0n) is 20.2. The van der Waals surface area contributed by atoms with Crippen molar-refractivity contribution in [1.29, 1.82) is 0 Å². The molecule has 0 radical (unpaired) electrons. The normalized spacial score (nSPS) is 12.8. The molecule has 1 aliphatic heterocycles. The Bertz CT molecular complexity index is 1140. The fourth-order valence-electron chi connectivity index (χ4n) is 4.11. The highest BCUT2D eigenvalue weighted by Gasteiger charge is 2.32. The quantitative estimate of drug-likeness (QED) is 0.382. The molecule has 0 N–H and O–H groups in total. The van der Waals surface area contributed by atoms with Crippen molar-refractivity contribution in [2.45, 2.75) is 39.3 Å². The van der Waals surface area contributed by atoms with Gasteiger partial charge in [0.15, 0.2) is 11.5 Å². The molecule has 0 fully saturated rings. The molecule has 0 saturated carbocycles. The van der Waals surface area contributed by atoms with Gasteiger partial charge in [0, 0.05) is 40.9 Å². The number of hydrogen-bond donors (Lipinski definition) is 0. The summed E-state index contributed by atoms with van der Waals surface area (Å²) in [4.78, 5) is 16.5. The molecular weight excluding hydrogens is 452 g/mol. The number of aromatic nitrogens is 1. The summed E-state index contributed by atoms with van der Waals surface area (Å²) in [6, 6.07) is 10.4. The van der Waals surface area contributed by atoms with Crippen LogP contribution < -0.4 is 9.47 Å². The second kappa shape index (κ2) is 9.47. The molecule has 2 aromatic heterocycles. The Hall–Kier alpha value is -2.38. The standard InChI is InChI=1S/C26H32N2O3S2/c1-26(2,3)27(4)25(29)20-15-19(23-8-7-12-33-23)24-18-16-22(31-11-13-32-6)21(30-5)14-17(18)9-10-28(20)24/h7-8,12,14-16H,9-11,13H2,1-6H3. The van der Waals surface area contributed by atoms with E-state index in [1.165, 1.54) is 5.56 Å². The van der Waals surface area contributed by atoms with Gasteiger partial charge < -0.3 is 18.9 Å². The minimum atomic E-state index is -0.261. The molecule has 0 aliphatic carbocycles. The first-order valence-electron chi connectivity index (χ1n) is 11.1. The van der Waals surface area contributed by atoms with Crippen molar-refractivity contribution < 1.29 is 14.3 Å². The molecule has 176 valence electrons. The zero-order valence-corrected chi connectivity index (χ0v) is 21.9. The van der Waals surface area contributed by atoms with Gasteiger partial charge in [-0.15, -0.1) is 11.3 Å². The highest BCUT2D eigenvalue weighted by Crippen LogP contribution is 2.45. The molecule has 0 atom stereocenters. The van der Waals surface area contributed by atoms with Crippen LogP contribution >= 0.6 is 23.1 Å². The minimum absolute atomic E-state index is 0.0416. The SMILES string of the molecule is COc1cc2c(cc1OCCSC)-c1c(-c3cccs3)cc(C(=O)N(C)C(C)(C)C)n1CC2. The van der Waals surface area contributed by atoms with Gasteiger partial charge in [-0.05, 0) is 68.7 Å². The van der Waals surface area contributed by atoms with Crippen LogP contribution in [-0.2, 0) is 13.0 Å². The monoisotopic (exact) mass is 484 g/mol. The molecule has 1 aromatic carbocycles. The number of benzene rings is 1. The van der Waals surface area contributed by atoms with Gasteiger partial charge in [0.25, 0.3) is 5.91 Å². The molecule has 7 heteroatoms. The molecular formula is C26H32N2O3S2. The number of methoxy groups -OCH3 is 1. The van der Waals surface area contributed by atoms with Gasteiger partial charge in [-0.25, -0.2) is 0 Å². The van der Waals surface area contributed by atoms with Crippen molar-refractivity contribution in [2.24, 2.45) is 0 Å². The van der Waals surface area contributed by atoms with Crippen molar-refractivity contribution in [3.05, 3.63) is 47.0 Å². The molecule has 5 nitrogen and oxygen atoms in total. The Labute approximate surface area is 204 Å². The lowest BCUT2D eigenvalue weighted by Crippen LogP contribution is -2.43. The van der Waals surface area contributed by atoms with Gasteiger partial charge in [0.05, 0.1) is 19.4 Å². The van der Waals surface area contributed by atoms with Crippen LogP contribution in [-0.4, -0.2) is 53.7 Å². The van der Waals surface area contributed by atoms with E-state index in [-0.39, 0.29) is 11.4 Å². The number of ether oxygens (including phenoxy) is 2. The lowest BCUT2D eigenvalue weighted by atomic mass is 9.95. The summed E-state index contributed by atoms with van der Waals surface area (Å²) < 4.78 is 13.9. The number of thioether (sulfide) groups is 1. The number of fused-ring (bicyclic) bond motifs is 3. The molecule has 0 saturated heterocycles. The number of rotatable bonds is 7. The number of thiophene rings is 1. The van der Waals surface area contributed by atoms with E-state index in [4.69, 9.17) is 9.47 Å². The Kier molecular flexibility index (Phi) is 6.82. The Morgan fingerprint density at radius 3 is 2.64 bits per heavy atom. The average Bonchev–Trinajstić information content (AvgIpc) is 3.45. The lowest BCUT2D eigenvalue weighted by molar-refractivity contribution is 0.0644. The molecule has 33 heavy (non-hydrogen) atoms. The fraction of sp³-hybridized carbons (Fsp3) is 0.423. The molecule has 1 aliphatic rings. The smallest absolute Gasteiger partial charge is 0.270 e. The van der Waals surface area contributed by atoms with Crippen molar-refractivity contribution in [3.8, 4) is 33.2 Å². The van der Waals surface area contributed by atoms with E-state index < -0.39 is 0 Å². The molecule has 1 amide bonds. The number of nitrogens with zero attached hydrogens (tertiary/aromatic N) is 2. The molecule has 3 heterocycles. The molecule has 0 bridgehead atoms. The summed E-state index contributed by atoms with van der Waals surface area (Å²) in [5, 5.41) is 2.08. The maximum absolute atomic E-state index is 13.6. The predicted octanol–water partition coefficient (Wildman–Crippen LogP) is 6.06. The summed E-state index contributed by atoms with van der Waals surface area (Å²) in [5.41, 5.74) is 4.98. The summed E-state index contributed by atoms with van der Waals surface area (Å²) in [5.74, 6) is 2.46. The third-order valence-corrected chi connectivity index (χ3v) is 7.69. The number of amides is 1. The van der Waals surface area contributed by atoms with Crippen LogP contribution in [0.2, 0.25) is 0 Å². The van der Waals surface area contributed by atoms with E-state index in [2.05, 4.69) is 67.3 Å². The van der Waals surface area contributed by atoms with Crippen LogP contribution in [0.15, 0.2) is 35.7 Å². The van der Waals surface area contributed by atoms with E-state index >= 15 is 0 Å². The maximum Gasteiger partial charge on any atom is 0.270 e. The van der Waals surface area contributed by atoms with Crippen molar-refractivity contribution in [3.63, 3.8) is 0 Å². The van der Waals surface area contributed by atoms with Gasteiger partial charge in [0.1, 0.15) is 5.69 Å². The van der Waals surface area contributed by atoms with Crippen LogP contribution in [0.25, 0.3) is 21.7 Å². The van der Waals surface area contributed by atoms with E-state index in [0.717, 1.165) is 57.6 Å². The van der Waals surface area contributed by atoms with Crippen molar-refractivity contribution >= 4 is 29.0 Å². The van der Waals surface area contributed by atoms with Crippen LogP contribution in [0.5, 0.6) is 11.5 Å². The number of carbonyl (C=O) groups is 1. The lowest BCUT2D eigenvalue weighted by Gasteiger charge is -2.32. The van der Waals surface area contributed by atoms with E-state index in [0.29, 0.717) is 6.61 Å². The van der Waals surface area contributed by atoms with Crippen molar-refractivity contribution in [2.75, 3.05) is 32.8 Å². The highest BCUT2D eigenvalue weighted by atomic mass is 32.2. The zero-order chi connectivity index (χ0) is 23.8. The first-order chi connectivity index (χ1) is 15.8. The number of carbonyl (C=O) groups excluding carboxylic acids is 1. The third-order valence-electron chi connectivity index (χ3n) is 6.21. The van der Waals surface area contributed by atoms with Gasteiger partial charge in [0.2, 0.25) is 0 Å². The van der Waals surface area contributed by atoms with E-state index in [1.807, 2.05) is 11.9 Å². The molecule has 3 aromatic rings. The molecule has 0 spiro atoms. The second-order valence-corrected chi connectivity index (χ2v) is 11.1.